The number of aliphatic carboxylic acids is 1. The van der Waals surface area contributed by atoms with Crippen LogP contribution in [0.3, 0.4) is 0 Å². The van der Waals surface area contributed by atoms with Gasteiger partial charge in [-0.25, -0.2) is 0 Å². The SMILES string of the molecule is CC(C)[C@@H](CNC(=O)c1ccc(C[C@H](N)C(=O)O)cc1)c1ccc(-c2cn[nH]c2)cc1. The van der Waals surface area contributed by atoms with Gasteiger partial charge in [0.15, 0.2) is 0 Å². The number of benzene rings is 2. The number of nitrogens with two attached hydrogens (primary N) is 1. The van der Waals surface area contributed by atoms with Crippen LogP contribution in [0.4, 0.5) is 0 Å². The monoisotopic (exact) mass is 420 g/mol. The van der Waals surface area contributed by atoms with Gasteiger partial charge in [-0.2, -0.15) is 5.10 Å². The number of carbonyl (C=O) groups is 2. The summed E-state index contributed by atoms with van der Waals surface area (Å²) >= 11 is 0. The highest BCUT2D eigenvalue weighted by atomic mass is 16.4. The molecule has 0 radical (unpaired) electrons. The quantitative estimate of drug-likeness (QED) is 0.424. The van der Waals surface area contributed by atoms with Gasteiger partial charge in [0, 0.05) is 29.8 Å². The summed E-state index contributed by atoms with van der Waals surface area (Å²) in [4.78, 5) is 23.5. The molecule has 1 aromatic heterocycles. The van der Waals surface area contributed by atoms with E-state index in [9.17, 15) is 9.59 Å². The molecule has 0 saturated carbocycles. The Morgan fingerprint density at radius 3 is 2.29 bits per heavy atom. The first-order chi connectivity index (χ1) is 14.8. The molecule has 31 heavy (non-hydrogen) atoms. The van der Waals surface area contributed by atoms with Crippen molar-refractivity contribution in [3.05, 3.63) is 77.6 Å². The Kier molecular flexibility index (Phi) is 7.20. The van der Waals surface area contributed by atoms with Crippen molar-refractivity contribution in [2.45, 2.75) is 32.2 Å². The summed E-state index contributed by atoms with van der Waals surface area (Å²) in [5.41, 5.74) is 10.2. The van der Waals surface area contributed by atoms with Gasteiger partial charge in [0.2, 0.25) is 0 Å². The minimum atomic E-state index is -1.04. The molecule has 0 saturated heterocycles. The zero-order chi connectivity index (χ0) is 22.4. The lowest BCUT2D eigenvalue weighted by Crippen LogP contribution is -2.32. The second-order valence-electron chi connectivity index (χ2n) is 8.02. The number of carboxylic acid groups (broad SMARTS) is 1. The van der Waals surface area contributed by atoms with Crippen LogP contribution >= 0.6 is 0 Å². The summed E-state index contributed by atoms with van der Waals surface area (Å²) in [5, 5.41) is 18.7. The largest absolute Gasteiger partial charge is 0.480 e. The number of H-pyrrole nitrogens is 1. The molecule has 0 unspecified atom stereocenters. The zero-order valence-electron chi connectivity index (χ0n) is 17.7. The first kappa shape index (κ1) is 22.2. The van der Waals surface area contributed by atoms with E-state index in [1.807, 2.05) is 6.20 Å². The maximum Gasteiger partial charge on any atom is 0.320 e. The fourth-order valence-corrected chi connectivity index (χ4v) is 3.51. The van der Waals surface area contributed by atoms with Gasteiger partial charge in [-0.1, -0.05) is 50.2 Å². The fourth-order valence-electron chi connectivity index (χ4n) is 3.51. The predicted molar refractivity (Wildman–Crippen MR) is 120 cm³/mol. The van der Waals surface area contributed by atoms with E-state index in [0.717, 1.165) is 16.7 Å². The number of aromatic amines is 1. The molecule has 0 aliphatic rings. The number of nitrogens with one attached hydrogen (secondary N) is 2. The smallest absolute Gasteiger partial charge is 0.320 e. The third-order valence-corrected chi connectivity index (χ3v) is 5.45. The Morgan fingerprint density at radius 2 is 1.74 bits per heavy atom. The van der Waals surface area contributed by atoms with E-state index in [0.29, 0.717) is 18.0 Å². The third-order valence-electron chi connectivity index (χ3n) is 5.45. The Balaban J connectivity index is 1.62. The number of carboxylic acids is 1. The first-order valence-corrected chi connectivity index (χ1v) is 10.3. The van der Waals surface area contributed by atoms with Crippen molar-refractivity contribution < 1.29 is 14.7 Å². The number of rotatable bonds is 9. The maximum absolute atomic E-state index is 12.6. The van der Waals surface area contributed by atoms with Crippen LogP contribution in [-0.4, -0.2) is 39.8 Å². The van der Waals surface area contributed by atoms with Crippen molar-refractivity contribution >= 4 is 11.9 Å². The lowest BCUT2D eigenvalue weighted by Gasteiger charge is -2.22. The van der Waals surface area contributed by atoms with Crippen LogP contribution in [0, 0.1) is 5.92 Å². The molecule has 2 atom stereocenters. The Bertz CT molecular complexity index is 996. The lowest BCUT2D eigenvalue weighted by atomic mass is 9.87. The molecule has 3 aromatic rings. The van der Waals surface area contributed by atoms with E-state index in [1.165, 1.54) is 5.56 Å². The lowest BCUT2D eigenvalue weighted by molar-refractivity contribution is -0.138. The van der Waals surface area contributed by atoms with E-state index in [1.54, 1.807) is 30.5 Å². The minimum Gasteiger partial charge on any atom is -0.480 e. The molecule has 7 nitrogen and oxygen atoms in total. The molecule has 7 heteroatoms. The molecule has 3 rings (SSSR count). The van der Waals surface area contributed by atoms with Crippen LogP contribution in [0.5, 0.6) is 0 Å². The van der Waals surface area contributed by atoms with Gasteiger partial charge in [-0.05, 0) is 41.2 Å². The van der Waals surface area contributed by atoms with Crippen LogP contribution < -0.4 is 11.1 Å². The van der Waals surface area contributed by atoms with Gasteiger partial charge < -0.3 is 16.2 Å². The molecule has 162 valence electrons. The molecule has 0 fully saturated rings. The summed E-state index contributed by atoms with van der Waals surface area (Å²) < 4.78 is 0. The molecule has 1 amide bonds. The van der Waals surface area contributed by atoms with Gasteiger partial charge in [0.05, 0.1) is 6.20 Å². The molecule has 2 aromatic carbocycles. The normalized spacial score (nSPS) is 13.0. The number of hydrogen-bond donors (Lipinski definition) is 4. The van der Waals surface area contributed by atoms with E-state index in [4.69, 9.17) is 10.8 Å². The van der Waals surface area contributed by atoms with Crippen LogP contribution in [-0.2, 0) is 11.2 Å². The molecule has 0 aliphatic heterocycles. The van der Waals surface area contributed by atoms with Gasteiger partial charge in [0.1, 0.15) is 6.04 Å². The summed E-state index contributed by atoms with van der Waals surface area (Å²) in [6.07, 6.45) is 3.87. The highest BCUT2D eigenvalue weighted by Crippen LogP contribution is 2.26. The van der Waals surface area contributed by atoms with Crippen molar-refractivity contribution in [2.24, 2.45) is 11.7 Å². The van der Waals surface area contributed by atoms with Crippen LogP contribution in [0.25, 0.3) is 11.1 Å². The molecule has 0 spiro atoms. The summed E-state index contributed by atoms with van der Waals surface area (Å²) in [6, 6.07) is 14.3. The number of hydrogen-bond acceptors (Lipinski definition) is 4. The number of aromatic nitrogens is 2. The van der Waals surface area contributed by atoms with Crippen LogP contribution in [0.2, 0.25) is 0 Å². The van der Waals surface area contributed by atoms with E-state index in [2.05, 4.69) is 53.6 Å². The topological polar surface area (TPSA) is 121 Å². The Labute approximate surface area is 181 Å². The number of nitrogens with zero attached hydrogens (tertiary/aromatic N) is 1. The van der Waals surface area contributed by atoms with Crippen LogP contribution in [0.15, 0.2) is 60.9 Å². The summed E-state index contributed by atoms with van der Waals surface area (Å²) in [6.45, 7) is 4.80. The van der Waals surface area contributed by atoms with E-state index < -0.39 is 12.0 Å². The molecular formula is C24H28N4O3. The fraction of sp³-hybridized carbons (Fsp3) is 0.292. The molecule has 1 heterocycles. The van der Waals surface area contributed by atoms with Gasteiger partial charge in [-0.3, -0.25) is 14.7 Å². The van der Waals surface area contributed by atoms with E-state index >= 15 is 0 Å². The second kappa shape index (κ2) is 10.0. The summed E-state index contributed by atoms with van der Waals surface area (Å²) in [5.74, 6) is -0.677. The van der Waals surface area contributed by atoms with Crippen molar-refractivity contribution in [2.75, 3.05) is 6.54 Å². The molecule has 5 N–H and O–H groups in total. The first-order valence-electron chi connectivity index (χ1n) is 10.3. The van der Waals surface area contributed by atoms with Crippen molar-refractivity contribution in [1.82, 2.24) is 15.5 Å². The molecular weight excluding hydrogens is 392 g/mol. The Hall–Kier alpha value is -3.45. The summed E-state index contributed by atoms with van der Waals surface area (Å²) in [7, 11) is 0. The van der Waals surface area contributed by atoms with Crippen LogP contribution in [0.1, 0.15) is 41.3 Å². The van der Waals surface area contributed by atoms with Crippen molar-refractivity contribution in [3.63, 3.8) is 0 Å². The Morgan fingerprint density at radius 1 is 1.06 bits per heavy atom. The van der Waals surface area contributed by atoms with Gasteiger partial charge in [0.25, 0.3) is 5.91 Å². The predicted octanol–water partition coefficient (Wildman–Crippen LogP) is 3.20. The molecule has 0 aliphatic carbocycles. The highest BCUT2D eigenvalue weighted by molar-refractivity contribution is 5.94. The van der Waals surface area contributed by atoms with Crippen molar-refractivity contribution in [3.8, 4) is 11.1 Å². The van der Waals surface area contributed by atoms with Gasteiger partial charge >= 0.3 is 5.97 Å². The minimum absolute atomic E-state index is 0.158. The average molecular weight is 421 g/mol. The zero-order valence-corrected chi connectivity index (χ0v) is 17.7. The number of carbonyl (C=O) groups excluding carboxylic acids is 1. The highest BCUT2D eigenvalue weighted by Gasteiger charge is 2.18. The second-order valence-corrected chi connectivity index (χ2v) is 8.02. The average Bonchev–Trinajstić information content (AvgIpc) is 3.29. The third kappa shape index (κ3) is 5.79. The van der Waals surface area contributed by atoms with Crippen molar-refractivity contribution in [1.29, 1.82) is 0 Å². The molecule has 0 bridgehead atoms. The van der Waals surface area contributed by atoms with Gasteiger partial charge in [-0.15, -0.1) is 0 Å². The number of amides is 1. The maximum atomic E-state index is 12.6. The van der Waals surface area contributed by atoms with E-state index in [-0.39, 0.29) is 18.2 Å². The standard InChI is InChI=1S/C24H28N4O3/c1-15(2)21(18-9-7-17(8-10-18)20-12-27-28-13-20)14-26-23(29)19-5-3-16(4-6-19)11-22(25)24(30)31/h3-10,12-13,15,21-22H,11,14,25H2,1-2H3,(H,26,29)(H,27,28)(H,30,31)/t21-,22+/m1/s1.